The van der Waals surface area contributed by atoms with E-state index in [1.165, 1.54) is 0 Å². The second-order valence-electron chi connectivity index (χ2n) is 6.62. The largest absolute Gasteiger partial charge is 0.493 e. The van der Waals surface area contributed by atoms with Crippen molar-refractivity contribution in [3.05, 3.63) is 47.9 Å². The maximum Gasteiger partial charge on any atom is 0.161 e. The average Bonchev–Trinajstić information content (AvgIpc) is 3.20. The van der Waals surface area contributed by atoms with E-state index in [0.717, 1.165) is 17.7 Å². The van der Waals surface area contributed by atoms with Crippen LogP contribution in [0.2, 0.25) is 0 Å². The smallest absolute Gasteiger partial charge is 0.161 e. The van der Waals surface area contributed by atoms with Crippen LogP contribution in [0.5, 0.6) is 11.5 Å². The molecule has 27 heavy (non-hydrogen) atoms. The summed E-state index contributed by atoms with van der Waals surface area (Å²) in [6, 6.07) is 9.92. The second-order valence-corrected chi connectivity index (χ2v) is 6.62. The van der Waals surface area contributed by atoms with E-state index in [2.05, 4.69) is 18.7 Å². The molecule has 0 spiro atoms. The molecule has 0 radical (unpaired) electrons. The third kappa shape index (κ3) is 6.57. The highest BCUT2D eigenvalue weighted by atomic mass is 16.5. The van der Waals surface area contributed by atoms with Gasteiger partial charge in [-0.25, -0.2) is 0 Å². The number of methoxy groups -OCH3 is 2. The number of nitrogens with zero attached hydrogens (tertiary/aromatic N) is 1. The summed E-state index contributed by atoms with van der Waals surface area (Å²) in [5.74, 6) is 2.18. The van der Waals surface area contributed by atoms with Gasteiger partial charge in [-0.05, 0) is 43.2 Å². The van der Waals surface area contributed by atoms with Gasteiger partial charge < -0.3 is 23.7 Å². The normalized spacial score (nSPS) is 13.6. The average molecular weight is 377 g/mol. The van der Waals surface area contributed by atoms with Crippen molar-refractivity contribution in [2.75, 3.05) is 27.4 Å². The van der Waals surface area contributed by atoms with E-state index in [-0.39, 0.29) is 6.61 Å². The Morgan fingerprint density at radius 3 is 2.56 bits per heavy atom. The minimum Gasteiger partial charge on any atom is -0.493 e. The highest BCUT2D eigenvalue weighted by Crippen LogP contribution is 2.28. The molecule has 1 heterocycles. The van der Waals surface area contributed by atoms with Gasteiger partial charge in [0.2, 0.25) is 0 Å². The molecule has 6 nitrogen and oxygen atoms in total. The highest BCUT2D eigenvalue weighted by Gasteiger charge is 2.18. The first-order valence-electron chi connectivity index (χ1n) is 9.30. The van der Waals surface area contributed by atoms with Gasteiger partial charge in [-0.2, -0.15) is 0 Å². The van der Waals surface area contributed by atoms with Gasteiger partial charge in [0.15, 0.2) is 11.5 Å². The van der Waals surface area contributed by atoms with Crippen LogP contribution in [-0.4, -0.2) is 49.5 Å². The van der Waals surface area contributed by atoms with Crippen molar-refractivity contribution >= 4 is 0 Å². The number of benzene rings is 1. The number of rotatable bonds is 12. The molecule has 0 saturated carbocycles. The van der Waals surface area contributed by atoms with E-state index in [9.17, 15) is 5.11 Å². The van der Waals surface area contributed by atoms with Gasteiger partial charge in [-0.1, -0.05) is 13.0 Å². The molecular formula is C21H31NO5. The lowest BCUT2D eigenvalue weighted by Crippen LogP contribution is -2.39. The monoisotopic (exact) mass is 377 g/mol. The van der Waals surface area contributed by atoms with Gasteiger partial charge in [0.05, 0.1) is 33.2 Å². The molecule has 1 N–H and O–H groups in total. The van der Waals surface area contributed by atoms with E-state index in [1.807, 2.05) is 30.3 Å². The number of ether oxygens (including phenoxy) is 3. The predicted molar refractivity (Wildman–Crippen MR) is 104 cm³/mol. The van der Waals surface area contributed by atoms with E-state index < -0.39 is 6.10 Å². The summed E-state index contributed by atoms with van der Waals surface area (Å²) >= 11 is 0. The molecule has 2 atom stereocenters. The van der Waals surface area contributed by atoms with Gasteiger partial charge in [0.25, 0.3) is 0 Å². The summed E-state index contributed by atoms with van der Waals surface area (Å²) in [5.41, 5.74) is 1.11. The molecule has 2 aromatic rings. The molecule has 0 fully saturated rings. The molecule has 0 unspecified atom stereocenters. The number of aliphatic hydroxyl groups is 1. The lowest BCUT2D eigenvalue weighted by molar-refractivity contribution is -0.00272. The van der Waals surface area contributed by atoms with Gasteiger partial charge in [-0.3, -0.25) is 4.90 Å². The molecule has 2 rings (SSSR count). The summed E-state index contributed by atoms with van der Waals surface area (Å²) in [4.78, 5) is 2.25. The van der Waals surface area contributed by atoms with Crippen LogP contribution in [0.3, 0.4) is 0 Å². The lowest BCUT2D eigenvalue weighted by atomic mass is 10.1. The maximum absolute atomic E-state index is 10.4. The molecule has 1 aromatic carbocycles. The summed E-state index contributed by atoms with van der Waals surface area (Å²) in [6.07, 6.45) is 2.03. The van der Waals surface area contributed by atoms with Crippen molar-refractivity contribution in [2.45, 2.75) is 45.6 Å². The highest BCUT2D eigenvalue weighted by molar-refractivity contribution is 5.42. The molecule has 1 aromatic heterocycles. The molecule has 0 aliphatic heterocycles. The Labute approximate surface area is 161 Å². The molecule has 0 saturated heterocycles. The van der Waals surface area contributed by atoms with Crippen LogP contribution in [0.15, 0.2) is 41.0 Å². The van der Waals surface area contributed by atoms with E-state index in [0.29, 0.717) is 37.2 Å². The molecule has 0 aliphatic carbocycles. The fourth-order valence-electron chi connectivity index (χ4n) is 2.89. The third-order valence-corrected chi connectivity index (χ3v) is 4.63. The molecule has 0 aliphatic rings. The van der Waals surface area contributed by atoms with Crippen molar-refractivity contribution < 1.29 is 23.7 Å². The number of hydrogen-bond acceptors (Lipinski definition) is 6. The Morgan fingerprint density at radius 1 is 1.15 bits per heavy atom. The third-order valence-electron chi connectivity index (χ3n) is 4.63. The van der Waals surface area contributed by atoms with Gasteiger partial charge in [0, 0.05) is 19.1 Å². The van der Waals surface area contributed by atoms with Crippen LogP contribution in [0.4, 0.5) is 0 Å². The molecule has 6 heteroatoms. The summed E-state index contributed by atoms with van der Waals surface area (Å²) in [5, 5.41) is 10.4. The zero-order valence-corrected chi connectivity index (χ0v) is 16.7. The Bertz CT molecular complexity index is 659. The van der Waals surface area contributed by atoms with Crippen LogP contribution in [0, 0.1) is 0 Å². The van der Waals surface area contributed by atoms with Gasteiger partial charge in [0.1, 0.15) is 12.4 Å². The van der Waals surface area contributed by atoms with Crippen molar-refractivity contribution in [2.24, 2.45) is 0 Å². The Balaban J connectivity index is 1.93. The zero-order chi connectivity index (χ0) is 19.6. The predicted octanol–water partition coefficient (Wildman–Crippen LogP) is 3.48. The summed E-state index contributed by atoms with van der Waals surface area (Å²) < 4.78 is 21.5. The number of hydrogen-bond donors (Lipinski definition) is 1. The van der Waals surface area contributed by atoms with Crippen LogP contribution < -0.4 is 9.47 Å². The van der Waals surface area contributed by atoms with Crippen LogP contribution in [0.1, 0.15) is 31.6 Å². The molecule has 0 bridgehead atoms. The van der Waals surface area contributed by atoms with Crippen molar-refractivity contribution in [1.29, 1.82) is 0 Å². The fourth-order valence-corrected chi connectivity index (χ4v) is 2.89. The van der Waals surface area contributed by atoms with Crippen molar-refractivity contribution in [1.82, 2.24) is 4.90 Å². The maximum atomic E-state index is 10.4. The Morgan fingerprint density at radius 2 is 1.93 bits per heavy atom. The summed E-state index contributed by atoms with van der Waals surface area (Å²) in [6.45, 7) is 6.18. The number of furan rings is 1. The fraction of sp³-hybridized carbons (Fsp3) is 0.524. The Kier molecular flexibility index (Phi) is 8.64. The SMILES string of the molecule is CC[C@H](C)N(Cc1ccc(OC)c(OC)c1)C[C@@H](O)COCc1ccco1. The zero-order valence-electron chi connectivity index (χ0n) is 16.7. The minimum absolute atomic E-state index is 0.263. The van der Waals surface area contributed by atoms with Crippen molar-refractivity contribution in [3.8, 4) is 11.5 Å². The van der Waals surface area contributed by atoms with Crippen LogP contribution in [-0.2, 0) is 17.9 Å². The number of aliphatic hydroxyl groups excluding tert-OH is 1. The van der Waals surface area contributed by atoms with Gasteiger partial charge in [-0.15, -0.1) is 0 Å². The minimum atomic E-state index is -0.575. The van der Waals surface area contributed by atoms with Crippen LogP contribution >= 0.6 is 0 Å². The first kappa shape index (κ1) is 21.3. The first-order chi connectivity index (χ1) is 13.1. The molecular weight excluding hydrogens is 346 g/mol. The van der Waals surface area contributed by atoms with E-state index in [1.54, 1.807) is 20.5 Å². The van der Waals surface area contributed by atoms with E-state index in [4.69, 9.17) is 18.6 Å². The Hall–Kier alpha value is -2.02. The standard InChI is InChI=1S/C21H31NO5/c1-5-16(2)22(12-17-8-9-20(24-3)21(11-17)25-4)13-18(23)14-26-15-19-7-6-10-27-19/h6-11,16,18,23H,5,12-15H2,1-4H3/t16-,18+/m0/s1. The molecule has 150 valence electrons. The lowest BCUT2D eigenvalue weighted by Gasteiger charge is -2.30. The quantitative estimate of drug-likeness (QED) is 0.611. The first-order valence-corrected chi connectivity index (χ1v) is 9.30. The van der Waals surface area contributed by atoms with E-state index >= 15 is 0 Å². The van der Waals surface area contributed by atoms with Crippen LogP contribution in [0.25, 0.3) is 0 Å². The van der Waals surface area contributed by atoms with Gasteiger partial charge >= 0.3 is 0 Å². The molecule has 0 amide bonds. The van der Waals surface area contributed by atoms with Crippen molar-refractivity contribution in [3.63, 3.8) is 0 Å². The summed E-state index contributed by atoms with van der Waals surface area (Å²) in [7, 11) is 3.26. The topological polar surface area (TPSA) is 64.3 Å². The second kappa shape index (κ2) is 11.0.